The lowest BCUT2D eigenvalue weighted by Gasteiger charge is -2.14. The molecule has 4 heteroatoms. The van der Waals surface area contributed by atoms with E-state index < -0.39 is 0 Å². The maximum absolute atomic E-state index is 12.1. The highest BCUT2D eigenvalue weighted by Gasteiger charge is 2.07. The van der Waals surface area contributed by atoms with Crippen LogP contribution in [-0.2, 0) is 0 Å². The number of unbranched alkanes of at least 4 members (excludes halogenated alkanes) is 28. The molecule has 0 aliphatic heterocycles. The zero-order chi connectivity index (χ0) is 31.8. The predicted molar refractivity (Wildman–Crippen MR) is 194 cm³/mol. The number of nitrogens with one attached hydrogen (secondary N) is 2. The van der Waals surface area contributed by atoms with Crippen LogP contribution in [0, 0.1) is 0 Å². The van der Waals surface area contributed by atoms with Gasteiger partial charge in [0.2, 0.25) is 0 Å². The SMILES string of the molecule is CCCCCCCCCCCCCCCCCCCCCCCCCCCCCCCC(C)NC(=O)Nc1ccc(O)cc1. The molecule has 3 N–H and O–H groups in total. The number of aromatic hydroxyl groups is 1. The molecule has 44 heavy (non-hydrogen) atoms. The third kappa shape index (κ3) is 27.8. The summed E-state index contributed by atoms with van der Waals surface area (Å²) in [6.45, 7) is 4.37. The fourth-order valence-electron chi connectivity index (χ4n) is 6.30. The van der Waals surface area contributed by atoms with Crippen molar-refractivity contribution in [2.45, 2.75) is 213 Å². The minimum atomic E-state index is -0.182. The molecular weight excluding hydrogens is 540 g/mol. The van der Waals surface area contributed by atoms with E-state index in [2.05, 4.69) is 24.5 Å². The van der Waals surface area contributed by atoms with E-state index in [1.165, 1.54) is 186 Å². The summed E-state index contributed by atoms with van der Waals surface area (Å²) in [5.74, 6) is 0.200. The third-order valence-electron chi connectivity index (χ3n) is 9.24. The summed E-state index contributed by atoms with van der Waals surface area (Å²) in [6.07, 6.45) is 42.3. The summed E-state index contributed by atoms with van der Waals surface area (Å²) in [5.41, 5.74) is 0.688. The van der Waals surface area contributed by atoms with Crippen molar-refractivity contribution in [3.8, 4) is 5.75 Å². The number of phenols is 1. The van der Waals surface area contributed by atoms with Crippen molar-refractivity contribution in [3.63, 3.8) is 0 Å². The molecule has 0 saturated heterocycles. The average Bonchev–Trinajstić information content (AvgIpc) is 3.01. The highest BCUT2D eigenvalue weighted by Crippen LogP contribution is 2.17. The quantitative estimate of drug-likeness (QED) is 0.0558. The first-order valence-electron chi connectivity index (χ1n) is 19.5. The van der Waals surface area contributed by atoms with Crippen LogP contribution < -0.4 is 10.6 Å². The Morgan fingerprint density at radius 2 is 0.818 bits per heavy atom. The molecule has 0 aliphatic rings. The summed E-state index contributed by atoms with van der Waals surface area (Å²) in [7, 11) is 0. The highest BCUT2D eigenvalue weighted by molar-refractivity contribution is 5.89. The van der Waals surface area contributed by atoms with Crippen LogP contribution in [0.3, 0.4) is 0 Å². The largest absolute Gasteiger partial charge is 0.508 e. The van der Waals surface area contributed by atoms with Crippen LogP contribution in [0.1, 0.15) is 206 Å². The number of anilines is 1. The zero-order valence-corrected chi connectivity index (χ0v) is 29.5. The molecule has 0 radical (unpaired) electrons. The van der Waals surface area contributed by atoms with Gasteiger partial charge in [0.25, 0.3) is 0 Å². The molecule has 0 aliphatic carbocycles. The number of carbonyl (C=O) groups excluding carboxylic acids is 1. The van der Waals surface area contributed by atoms with Crippen LogP contribution in [-0.4, -0.2) is 17.2 Å². The van der Waals surface area contributed by atoms with E-state index in [1.54, 1.807) is 24.3 Å². The second kappa shape index (κ2) is 31.3. The smallest absolute Gasteiger partial charge is 0.319 e. The van der Waals surface area contributed by atoms with E-state index in [-0.39, 0.29) is 17.8 Å². The fraction of sp³-hybridized carbons (Fsp3) is 0.825. The van der Waals surface area contributed by atoms with Gasteiger partial charge in [0.15, 0.2) is 0 Å². The molecule has 1 aromatic rings. The number of rotatable bonds is 32. The second-order valence-corrected chi connectivity index (χ2v) is 13.7. The number of carbonyl (C=O) groups is 1. The maximum atomic E-state index is 12.1. The first-order valence-corrected chi connectivity index (χ1v) is 19.5. The number of amides is 2. The van der Waals surface area contributed by atoms with Gasteiger partial charge in [-0.05, 0) is 37.6 Å². The number of phenolic OH excluding ortho intramolecular Hbond substituents is 1. The standard InChI is InChI=1S/C40H74N2O2/c1-3-4-5-6-7-8-9-10-11-12-13-14-15-16-17-18-19-20-21-22-23-24-25-26-27-28-29-30-31-32-37(2)41-40(44)42-38-33-35-39(43)36-34-38/h33-37,43H,3-32H2,1-2H3,(H2,41,42,44). The first kappa shape index (κ1) is 40.3. The summed E-state index contributed by atoms with van der Waals surface area (Å²) in [4.78, 5) is 12.1. The molecule has 1 aromatic carbocycles. The minimum Gasteiger partial charge on any atom is -0.508 e. The van der Waals surface area contributed by atoms with Crippen molar-refractivity contribution in [1.29, 1.82) is 0 Å². The fourth-order valence-corrected chi connectivity index (χ4v) is 6.30. The van der Waals surface area contributed by atoms with Gasteiger partial charge in [-0.1, -0.05) is 193 Å². The molecule has 1 atom stereocenters. The Hall–Kier alpha value is -1.71. The van der Waals surface area contributed by atoms with E-state index in [9.17, 15) is 9.90 Å². The van der Waals surface area contributed by atoms with Gasteiger partial charge in [-0.3, -0.25) is 0 Å². The Labute approximate surface area is 274 Å². The Bertz CT molecular complexity index is 735. The molecule has 0 heterocycles. The van der Waals surface area contributed by atoms with Crippen LogP contribution in [0.4, 0.5) is 10.5 Å². The highest BCUT2D eigenvalue weighted by atomic mass is 16.3. The van der Waals surface area contributed by atoms with Crippen molar-refractivity contribution < 1.29 is 9.90 Å². The topological polar surface area (TPSA) is 61.4 Å². The van der Waals surface area contributed by atoms with Crippen molar-refractivity contribution in [1.82, 2.24) is 5.32 Å². The number of benzene rings is 1. The van der Waals surface area contributed by atoms with E-state index in [0.717, 1.165) is 6.42 Å². The summed E-state index contributed by atoms with van der Waals surface area (Å²) in [5, 5.41) is 15.1. The van der Waals surface area contributed by atoms with Gasteiger partial charge >= 0.3 is 6.03 Å². The van der Waals surface area contributed by atoms with Gasteiger partial charge in [-0.15, -0.1) is 0 Å². The molecule has 0 aromatic heterocycles. The lowest BCUT2D eigenvalue weighted by atomic mass is 10.0. The molecule has 0 bridgehead atoms. The Morgan fingerprint density at radius 3 is 1.14 bits per heavy atom. The number of urea groups is 1. The Balaban J connectivity index is 1.70. The van der Waals surface area contributed by atoms with E-state index in [4.69, 9.17) is 0 Å². The van der Waals surface area contributed by atoms with E-state index >= 15 is 0 Å². The molecule has 4 nitrogen and oxygen atoms in total. The predicted octanol–water partition coefficient (Wildman–Crippen LogP) is 13.6. The number of hydrogen-bond acceptors (Lipinski definition) is 2. The third-order valence-corrected chi connectivity index (χ3v) is 9.24. The van der Waals surface area contributed by atoms with Crippen molar-refractivity contribution in [2.24, 2.45) is 0 Å². The van der Waals surface area contributed by atoms with E-state index in [0.29, 0.717) is 5.69 Å². The number of hydrogen-bond donors (Lipinski definition) is 3. The first-order chi connectivity index (χ1) is 21.6. The molecule has 256 valence electrons. The summed E-state index contributed by atoms with van der Waals surface area (Å²) >= 11 is 0. The van der Waals surface area contributed by atoms with Crippen molar-refractivity contribution in [3.05, 3.63) is 24.3 Å². The van der Waals surface area contributed by atoms with Crippen LogP contribution in [0.5, 0.6) is 5.75 Å². The summed E-state index contributed by atoms with van der Waals surface area (Å²) in [6, 6.07) is 6.52. The van der Waals surface area contributed by atoms with E-state index in [1.807, 2.05) is 0 Å². The Kier molecular flexibility index (Phi) is 28.7. The molecule has 2 amide bonds. The maximum Gasteiger partial charge on any atom is 0.319 e. The second-order valence-electron chi connectivity index (χ2n) is 13.7. The van der Waals surface area contributed by atoms with Crippen LogP contribution >= 0.6 is 0 Å². The van der Waals surface area contributed by atoms with Gasteiger partial charge in [0.1, 0.15) is 5.75 Å². The lowest BCUT2D eigenvalue weighted by Crippen LogP contribution is -2.36. The average molecular weight is 615 g/mol. The van der Waals surface area contributed by atoms with Crippen LogP contribution in [0.25, 0.3) is 0 Å². The lowest BCUT2D eigenvalue weighted by molar-refractivity contribution is 0.248. The molecule has 0 fully saturated rings. The van der Waals surface area contributed by atoms with Crippen molar-refractivity contribution in [2.75, 3.05) is 5.32 Å². The monoisotopic (exact) mass is 615 g/mol. The zero-order valence-electron chi connectivity index (χ0n) is 29.5. The summed E-state index contributed by atoms with van der Waals surface area (Å²) < 4.78 is 0. The molecule has 1 unspecified atom stereocenters. The van der Waals surface area contributed by atoms with Gasteiger partial charge in [-0.25, -0.2) is 4.79 Å². The normalized spacial score (nSPS) is 12.0. The molecule has 0 spiro atoms. The van der Waals surface area contributed by atoms with Gasteiger partial charge < -0.3 is 15.7 Å². The minimum absolute atomic E-state index is 0.168. The van der Waals surface area contributed by atoms with Gasteiger partial charge in [0, 0.05) is 11.7 Å². The van der Waals surface area contributed by atoms with Crippen molar-refractivity contribution >= 4 is 11.7 Å². The molecule has 0 saturated carbocycles. The van der Waals surface area contributed by atoms with Crippen LogP contribution in [0.2, 0.25) is 0 Å². The Morgan fingerprint density at radius 1 is 0.523 bits per heavy atom. The van der Waals surface area contributed by atoms with Crippen LogP contribution in [0.15, 0.2) is 24.3 Å². The molecule has 1 rings (SSSR count). The van der Waals surface area contributed by atoms with Gasteiger partial charge in [-0.2, -0.15) is 0 Å². The van der Waals surface area contributed by atoms with Gasteiger partial charge in [0.05, 0.1) is 0 Å². The molecular formula is C40H74N2O2.